The van der Waals surface area contributed by atoms with Crippen molar-refractivity contribution in [3.8, 4) is 32.8 Å². The Hall–Kier alpha value is -3.97. The highest BCUT2D eigenvalue weighted by atomic mass is 32.1. The summed E-state index contributed by atoms with van der Waals surface area (Å²) in [5, 5.41) is 9.34. The summed E-state index contributed by atoms with van der Waals surface area (Å²) in [7, 11) is 0. The Kier molecular flexibility index (Phi) is 5.88. The Balaban J connectivity index is 1.67. The van der Waals surface area contributed by atoms with E-state index in [9.17, 15) is 32.0 Å². The molecule has 0 aliphatic carbocycles. The van der Waals surface area contributed by atoms with E-state index in [1.165, 1.54) is 6.07 Å². The number of thiophene rings is 1. The van der Waals surface area contributed by atoms with E-state index in [0.29, 0.717) is 17.6 Å². The number of aromatic nitrogens is 1. The molecule has 0 bridgehead atoms. The number of alkyl halides is 3. The number of pyridine rings is 1. The largest absolute Gasteiger partial charge is 0.493 e. The number of fused-ring (bicyclic) bond motifs is 1. The second-order valence-corrected chi connectivity index (χ2v) is 9.22. The van der Waals surface area contributed by atoms with Crippen molar-refractivity contribution in [2.24, 2.45) is 0 Å². The molecule has 36 heavy (non-hydrogen) atoms. The van der Waals surface area contributed by atoms with Gasteiger partial charge < -0.3 is 9.30 Å². The molecule has 0 amide bonds. The van der Waals surface area contributed by atoms with Crippen LogP contribution < -0.4 is 10.3 Å². The van der Waals surface area contributed by atoms with Crippen LogP contribution in [-0.4, -0.2) is 11.2 Å². The van der Waals surface area contributed by atoms with Gasteiger partial charge in [0, 0.05) is 22.9 Å². The fourth-order valence-corrected chi connectivity index (χ4v) is 5.16. The number of nitrogens with zero attached hydrogens (tertiary/aromatic N) is 2. The average Bonchev–Trinajstić information content (AvgIpc) is 3.50. The first-order chi connectivity index (χ1) is 17.2. The minimum atomic E-state index is -4.96. The standard InChI is InChI=1S/C26H15F5N2O2S/c27-17-3-1-16(20(28)10-17)13-33-21(11-19(26(29,30)31)18(12-32)25(33)34)24-6-5-23(36-24)15-2-4-22-14(9-15)7-8-35-22/h1-6,9-11H,7-8,13H2. The second kappa shape index (κ2) is 8.91. The maximum atomic E-state index is 14.4. The molecule has 5 rings (SSSR count). The van der Waals surface area contributed by atoms with E-state index in [1.54, 1.807) is 12.1 Å². The quantitative estimate of drug-likeness (QED) is 0.297. The summed E-state index contributed by atoms with van der Waals surface area (Å²) in [5.74, 6) is -1.01. The smallest absolute Gasteiger partial charge is 0.417 e. The SMILES string of the molecule is N#Cc1c(C(F)(F)F)cc(-c2ccc(-c3ccc4c(c3)CCO4)s2)n(Cc2ccc(F)cc2F)c1=O. The van der Waals surface area contributed by atoms with Crippen LogP contribution in [-0.2, 0) is 19.1 Å². The Bertz CT molecular complexity index is 1600. The molecule has 0 atom stereocenters. The van der Waals surface area contributed by atoms with E-state index in [2.05, 4.69) is 0 Å². The van der Waals surface area contributed by atoms with Gasteiger partial charge in [0.05, 0.1) is 29.3 Å². The van der Waals surface area contributed by atoms with E-state index in [4.69, 9.17) is 4.74 Å². The molecule has 4 nitrogen and oxygen atoms in total. The molecular formula is C26H15F5N2O2S. The zero-order valence-corrected chi connectivity index (χ0v) is 19.1. The van der Waals surface area contributed by atoms with Crippen molar-refractivity contribution in [3.63, 3.8) is 0 Å². The number of nitriles is 1. The van der Waals surface area contributed by atoms with Gasteiger partial charge in [0.15, 0.2) is 0 Å². The van der Waals surface area contributed by atoms with Crippen molar-refractivity contribution in [3.05, 3.63) is 98.8 Å². The average molecular weight is 514 g/mol. The highest BCUT2D eigenvalue weighted by Gasteiger charge is 2.37. The minimum Gasteiger partial charge on any atom is -0.493 e. The van der Waals surface area contributed by atoms with Gasteiger partial charge in [-0.25, -0.2) is 8.78 Å². The number of rotatable bonds is 4. The van der Waals surface area contributed by atoms with Crippen LogP contribution in [0.2, 0.25) is 0 Å². The van der Waals surface area contributed by atoms with Gasteiger partial charge in [0.1, 0.15) is 29.0 Å². The Morgan fingerprint density at radius 3 is 2.53 bits per heavy atom. The van der Waals surface area contributed by atoms with Crippen LogP contribution in [0.4, 0.5) is 22.0 Å². The first kappa shape index (κ1) is 23.8. The van der Waals surface area contributed by atoms with Crippen molar-refractivity contribution in [1.82, 2.24) is 4.57 Å². The Morgan fingerprint density at radius 1 is 1.03 bits per heavy atom. The molecule has 3 heterocycles. The third kappa shape index (κ3) is 4.27. The van der Waals surface area contributed by atoms with Gasteiger partial charge in [-0.05, 0) is 53.6 Å². The fraction of sp³-hybridized carbons (Fsp3) is 0.154. The summed E-state index contributed by atoms with van der Waals surface area (Å²) >= 11 is 1.15. The molecule has 182 valence electrons. The normalized spacial score (nSPS) is 12.8. The van der Waals surface area contributed by atoms with Crippen molar-refractivity contribution in [1.29, 1.82) is 5.26 Å². The lowest BCUT2D eigenvalue weighted by Gasteiger charge is -2.17. The summed E-state index contributed by atoms with van der Waals surface area (Å²) in [5.41, 5.74) is -2.07. The molecule has 0 spiro atoms. The molecule has 2 aromatic heterocycles. The van der Waals surface area contributed by atoms with Gasteiger partial charge in [0.25, 0.3) is 5.56 Å². The number of hydrogen-bond donors (Lipinski definition) is 0. The van der Waals surface area contributed by atoms with Gasteiger partial charge in [-0.15, -0.1) is 11.3 Å². The fourth-order valence-electron chi connectivity index (χ4n) is 4.13. The van der Waals surface area contributed by atoms with Crippen molar-refractivity contribution in [2.75, 3.05) is 6.61 Å². The first-order valence-corrected chi connectivity index (χ1v) is 11.5. The summed E-state index contributed by atoms with van der Waals surface area (Å²) in [4.78, 5) is 14.1. The van der Waals surface area contributed by atoms with Crippen LogP contribution in [0.3, 0.4) is 0 Å². The summed E-state index contributed by atoms with van der Waals surface area (Å²) in [6.45, 7) is 0.0860. The van der Waals surface area contributed by atoms with Crippen molar-refractivity contribution >= 4 is 11.3 Å². The predicted octanol–water partition coefficient (Wildman–Crippen LogP) is 6.40. The summed E-state index contributed by atoms with van der Waals surface area (Å²) in [6, 6.07) is 13.7. The topological polar surface area (TPSA) is 55.0 Å². The number of hydrogen-bond acceptors (Lipinski definition) is 4. The lowest BCUT2D eigenvalue weighted by molar-refractivity contribution is -0.137. The van der Waals surface area contributed by atoms with Crippen molar-refractivity contribution in [2.45, 2.75) is 19.1 Å². The van der Waals surface area contributed by atoms with Gasteiger partial charge in [0.2, 0.25) is 0 Å². The lowest BCUT2D eigenvalue weighted by atomic mass is 10.1. The summed E-state index contributed by atoms with van der Waals surface area (Å²) < 4.78 is 75.5. The molecule has 0 unspecified atom stereocenters. The molecule has 4 aromatic rings. The highest BCUT2D eigenvalue weighted by Crippen LogP contribution is 2.39. The molecule has 0 N–H and O–H groups in total. The predicted molar refractivity (Wildman–Crippen MR) is 124 cm³/mol. The highest BCUT2D eigenvalue weighted by molar-refractivity contribution is 7.18. The molecule has 1 aliphatic rings. The third-order valence-electron chi connectivity index (χ3n) is 5.89. The van der Waals surface area contributed by atoms with E-state index in [0.717, 1.165) is 62.3 Å². The van der Waals surface area contributed by atoms with Gasteiger partial charge in [-0.2, -0.15) is 18.4 Å². The van der Waals surface area contributed by atoms with E-state index in [1.807, 2.05) is 18.2 Å². The number of halogens is 5. The van der Waals surface area contributed by atoms with E-state index in [-0.39, 0.29) is 11.3 Å². The molecule has 1 aliphatic heterocycles. The van der Waals surface area contributed by atoms with Crippen LogP contribution >= 0.6 is 11.3 Å². The van der Waals surface area contributed by atoms with Crippen LogP contribution in [0, 0.1) is 23.0 Å². The van der Waals surface area contributed by atoms with Crippen molar-refractivity contribution < 1.29 is 26.7 Å². The number of ether oxygens (including phenoxy) is 1. The zero-order valence-electron chi connectivity index (χ0n) is 18.3. The first-order valence-electron chi connectivity index (χ1n) is 10.7. The monoisotopic (exact) mass is 514 g/mol. The molecular weight excluding hydrogens is 499 g/mol. The molecule has 0 saturated heterocycles. The minimum absolute atomic E-state index is 0.112. The van der Waals surface area contributed by atoms with Crippen LogP contribution in [0.15, 0.2) is 59.4 Å². The maximum Gasteiger partial charge on any atom is 0.417 e. The Morgan fingerprint density at radius 2 is 1.81 bits per heavy atom. The molecule has 0 saturated carbocycles. The molecule has 0 fully saturated rings. The van der Waals surface area contributed by atoms with Crippen LogP contribution in [0.1, 0.15) is 22.3 Å². The maximum absolute atomic E-state index is 14.4. The van der Waals surface area contributed by atoms with Gasteiger partial charge in [-0.1, -0.05) is 6.07 Å². The lowest BCUT2D eigenvalue weighted by Crippen LogP contribution is -2.28. The molecule has 10 heteroatoms. The third-order valence-corrected chi connectivity index (χ3v) is 7.05. The molecule has 0 radical (unpaired) electrons. The number of benzene rings is 2. The van der Waals surface area contributed by atoms with E-state index >= 15 is 0 Å². The van der Waals surface area contributed by atoms with E-state index < -0.39 is 41.0 Å². The Labute approximate surface area is 205 Å². The van der Waals surface area contributed by atoms with Gasteiger partial charge in [-0.3, -0.25) is 4.79 Å². The zero-order chi connectivity index (χ0) is 25.6. The van der Waals surface area contributed by atoms with Gasteiger partial charge >= 0.3 is 6.18 Å². The summed E-state index contributed by atoms with van der Waals surface area (Å²) in [6.07, 6.45) is -4.21. The molecule has 2 aromatic carbocycles. The second-order valence-electron chi connectivity index (χ2n) is 8.14. The van der Waals surface area contributed by atoms with Crippen LogP contribution in [0.5, 0.6) is 5.75 Å². The van der Waals surface area contributed by atoms with Crippen LogP contribution in [0.25, 0.3) is 21.0 Å².